The van der Waals surface area contributed by atoms with E-state index in [1.165, 1.54) is 12.1 Å². The van der Waals surface area contributed by atoms with Gasteiger partial charge < -0.3 is 9.64 Å². The molecular formula is C22H26Cl2N2O4S. The predicted octanol–water partition coefficient (Wildman–Crippen LogP) is 3.55. The van der Waals surface area contributed by atoms with Gasteiger partial charge in [0.1, 0.15) is 5.75 Å². The Balaban J connectivity index is 1.44. The van der Waals surface area contributed by atoms with Gasteiger partial charge in [0.2, 0.25) is 5.91 Å². The van der Waals surface area contributed by atoms with Crippen LogP contribution in [0.4, 0.5) is 0 Å². The monoisotopic (exact) mass is 484 g/mol. The molecule has 1 saturated heterocycles. The molecule has 6 nitrogen and oxygen atoms in total. The van der Waals surface area contributed by atoms with Crippen molar-refractivity contribution in [1.82, 2.24) is 9.80 Å². The highest BCUT2D eigenvalue weighted by molar-refractivity contribution is 7.91. The van der Waals surface area contributed by atoms with Crippen molar-refractivity contribution in [3.05, 3.63) is 58.1 Å². The van der Waals surface area contributed by atoms with Crippen LogP contribution < -0.4 is 4.74 Å². The summed E-state index contributed by atoms with van der Waals surface area (Å²) in [7, 11) is -1.91. The molecule has 1 amide bonds. The Morgan fingerprint density at radius 2 is 1.71 bits per heavy atom. The van der Waals surface area contributed by atoms with Gasteiger partial charge in [-0.3, -0.25) is 9.69 Å². The number of halogens is 2. The van der Waals surface area contributed by atoms with Crippen LogP contribution in [0.15, 0.2) is 47.4 Å². The zero-order valence-electron chi connectivity index (χ0n) is 17.4. The number of piperazine rings is 1. The second kappa shape index (κ2) is 10.7. The third-order valence-corrected chi connectivity index (χ3v) is 7.82. The van der Waals surface area contributed by atoms with Crippen molar-refractivity contribution in [3.63, 3.8) is 0 Å². The number of benzene rings is 2. The molecule has 1 heterocycles. The van der Waals surface area contributed by atoms with E-state index in [4.69, 9.17) is 27.9 Å². The summed E-state index contributed by atoms with van der Waals surface area (Å²) in [6, 6.07) is 12.2. The second-order valence-electron chi connectivity index (χ2n) is 7.46. The SMILES string of the molecule is COc1ccc(CCC(=O)N2CCN(CCS(=O)(=O)c3cc(Cl)ccc3Cl)CC2)cc1. The average molecular weight is 485 g/mol. The van der Waals surface area contributed by atoms with Crippen LogP contribution in [-0.4, -0.2) is 69.7 Å². The molecule has 0 unspecified atom stereocenters. The lowest BCUT2D eigenvalue weighted by molar-refractivity contribution is -0.132. The molecule has 168 valence electrons. The Morgan fingerprint density at radius 1 is 1.03 bits per heavy atom. The first-order valence-electron chi connectivity index (χ1n) is 10.1. The lowest BCUT2D eigenvalue weighted by Gasteiger charge is -2.34. The summed E-state index contributed by atoms with van der Waals surface area (Å²) >= 11 is 12.0. The maximum absolute atomic E-state index is 12.6. The molecule has 0 aromatic heterocycles. The van der Waals surface area contributed by atoms with Gasteiger partial charge >= 0.3 is 0 Å². The molecule has 0 spiro atoms. The Kier molecular flexibility index (Phi) is 8.22. The topological polar surface area (TPSA) is 66.9 Å². The van der Waals surface area contributed by atoms with Crippen LogP contribution in [0.2, 0.25) is 10.0 Å². The minimum Gasteiger partial charge on any atom is -0.497 e. The number of ether oxygens (including phenoxy) is 1. The standard InChI is InChI=1S/C22H26Cl2N2O4S/c1-30-19-6-2-17(3-7-19)4-9-22(27)26-12-10-25(11-13-26)14-15-31(28,29)21-16-18(23)5-8-20(21)24/h2-3,5-8,16H,4,9-15H2,1H3. The normalized spacial score (nSPS) is 15.1. The Hall–Kier alpha value is -1.80. The summed E-state index contributed by atoms with van der Waals surface area (Å²) in [6.07, 6.45) is 1.13. The number of rotatable bonds is 8. The first kappa shape index (κ1) is 23.9. The van der Waals surface area contributed by atoms with Gasteiger partial charge in [-0.2, -0.15) is 0 Å². The van der Waals surface area contributed by atoms with Crippen LogP contribution >= 0.6 is 23.2 Å². The fourth-order valence-electron chi connectivity index (χ4n) is 3.50. The maximum Gasteiger partial charge on any atom is 0.222 e. The smallest absolute Gasteiger partial charge is 0.222 e. The van der Waals surface area contributed by atoms with Gasteiger partial charge in [-0.1, -0.05) is 35.3 Å². The quantitative estimate of drug-likeness (QED) is 0.572. The Bertz CT molecular complexity index is 1000. The van der Waals surface area contributed by atoms with E-state index in [0.717, 1.165) is 11.3 Å². The number of methoxy groups -OCH3 is 1. The Morgan fingerprint density at radius 3 is 2.35 bits per heavy atom. The zero-order valence-corrected chi connectivity index (χ0v) is 19.7. The van der Waals surface area contributed by atoms with Gasteiger partial charge in [-0.05, 0) is 42.3 Å². The number of carbonyl (C=O) groups is 1. The lowest BCUT2D eigenvalue weighted by Crippen LogP contribution is -2.49. The highest BCUT2D eigenvalue weighted by Crippen LogP contribution is 2.26. The van der Waals surface area contributed by atoms with Gasteiger partial charge in [0.05, 0.1) is 22.8 Å². The molecule has 1 aliphatic rings. The van der Waals surface area contributed by atoms with Crippen LogP contribution in [0.1, 0.15) is 12.0 Å². The third kappa shape index (κ3) is 6.59. The minimum atomic E-state index is -3.53. The molecule has 0 radical (unpaired) electrons. The molecule has 9 heteroatoms. The molecule has 0 N–H and O–H groups in total. The van der Waals surface area contributed by atoms with Crippen LogP contribution in [0.5, 0.6) is 5.75 Å². The average Bonchev–Trinajstić information content (AvgIpc) is 2.78. The number of amides is 1. The number of sulfone groups is 1. The largest absolute Gasteiger partial charge is 0.497 e. The van der Waals surface area contributed by atoms with Crippen molar-refractivity contribution in [2.45, 2.75) is 17.7 Å². The number of aryl methyl sites for hydroxylation is 1. The van der Waals surface area contributed by atoms with Crippen molar-refractivity contribution in [2.75, 3.05) is 45.6 Å². The van der Waals surface area contributed by atoms with Crippen molar-refractivity contribution < 1.29 is 17.9 Å². The van der Waals surface area contributed by atoms with Gasteiger partial charge in [0, 0.05) is 44.2 Å². The second-order valence-corrected chi connectivity index (χ2v) is 10.4. The summed E-state index contributed by atoms with van der Waals surface area (Å²) in [5.41, 5.74) is 1.10. The van der Waals surface area contributed by atoms with Crippen molar-refractivity contribution >= 4 is 38.9 Å². The molecule has 0 saturated carbocycles. The first-order chi connectivity index (χ1) is 14.8. The lowest BCUT2D eigenvalue weighted by atomic mass is 10.1. The van der Waals surface area contributed by atoms with E-state index in [2.05, 4.69) is 4.90 Å². The number of hydrogen-bond donors (Lipinski definition) is 0. The highest BCUT2D eigenvalue weighted by Gasteiger charge is 2.24. The van der Waals surface area contributed by atoms with Crippen molar-refractivity contribution in [3.8, 4) is 5.75 Å². The van der Waals surface area contributed by atoms with Gasteiger partial charge in [-0.25, -0.2) is 8.42 Å². The van der Waals surface area contributed by atoms with E-state index in [-0.39, 0.29) is 21.6 Å². The molecule has 0 aliphatic carbocycles. The summed E-state index contributed by atoms with van der Waals surface area (Å²) < 4.78 is 30.4. The molecular weight excluding hydrogens is 459 g/mol. The van der Waals surface area contributed by atoms with E-state index in [1.54, 1.807) is 13.2 Å². The molecule has 0 bridgehead atoms. The minimum absolute atomic E-state index is 0.0432. The predicted molar refractivity (Wildman–Crippen MR) is 123 cm³/mol. The summed E-state index contributed by atoms with van der Waals surface area (Å²) in [5.74, 6) is 0.873. The molecule has 2 aromatic carbocycles. The zero-order chi connectivity index (χ0) is 22.4. The van der Waals surface area contributed by atoms with E-state index in [1.807, 2.05) is 29.2 Å². The first-order valence-corrected chi connectivity index (χ1v) is 12.5. The van der Waals surface area contributed by atoms with E-state index in [0.29, 0.717) is 50.6 Å². The van der Waals surface area contributed by atoms with Gasteiger partial charge in [0.25, 0.3) is 0 Å². The summed E-state index contributed by atoms with van der Waals surface area (Å²) in [6.45, 7) is 2.87. The highest BCUT2D eigenvalue weighted by atomic mass is 35.5. The number of nitrogens with zero attached hydrogens (tertiary/aromatic N) is 2. The summed E-state index contributed by atoms with van der Waals surface area (Å²) in [5, 5.41) is 0.515. The van der Waals surface area contributed by atoms with E-state index in [9.17, 15) is 13.2 Å². The molecule has 3 rings (SSSR count). The van der Waals surface area contributed by atoms with Gasteiger partial charge in [-0.15, -0.1) is 0 Å². The van der Waals surface area contributed by atoms with E-state index < -0.39 is 9.84 Å². The molecule has 2 aromatic rings. The molecule has 0 atom stereocenters. The molecule has 31 heavy (non-hydrogen) atoms. The third-order valence-electron chi connectivity index (χ3n) is 5.42. The number of hydrogen-bond acceptors (Lipinski definition) is 5. The van der Waals surface area contributed by atoms with Crippen molar-refractivity contribution in [1.29, 1.82) is 0 Å². The fourth-order valence-corrected chi connectivity index (χ4v) is 5.59. The van der Waals surface area contributed by atoms with Crippen LogP contribution in [-0.2, 0) is 21.1 Å². The van der Waals surface area contributed by atoms with E-state index >= 15 is 0 Å². The fraction of sp³-hybridized carbons (Fsp3) is 0.409. The summed E-state index contributed by atoms with van der Waals surface area (Å²) in [4.78, 5) is 16.5. The van der Waals surface area contributed by atoms with Crippen LogP contribution in [0, 0.1) is 0 Å². The number of carbonyl (C=O) groups excluding carboxylic acids is 1. The molecule has 1 aliphatic heterocycles. The maximum atomic E-state index is 12.6. The molecule has 1 fully saturated rings. The Labute approximate surface area is 193 Å². The van der Waals surface area contributed by atoms with Crippen LogP contribution in [0.3, 0.4) is 0 Å². The van der Waals surface area contributed by atoms with Crippen molar-refractivity contribution in [2.24, 2.45) is 0 Å². The van der Waals surface area contributed by atoms with Gasteiger partial charge in [0.15, 0.2) is 9.84 Å². The van der Waals surface area contributed by atoms with Crippen LogP contribution in [0.25, 0.3) is 0 Å².